The summed E-state index contributed by atoms with van der Waals surface area (Å²) in [5.74, 6) is 0.305. The molecule has 3 atom stereocenters. The van der Waals surface area contributed by atoms with Crippen LogP contribution >= 0.6 is 0 Å². The fourth-order valence-electron chi connectivity index (χ4n) is 3.13. The van der Waals surface area contributed by atoms with Gasteiger partial charge in [0.2, 0.25) is 11.8 Å². The quantitative estimate of drug-likeness (QED) is 0.738. The number of aryl methyl sites for hydroxylation is 2. The number of amides is 2. The Morgan fingerprint density at radius 2 is 2.22 bits per heavy atom. The van der Waals surface area contributed by atoms with Crippen LogP contribution < -0.4 is 5.32 Å². The second-order valence-corrected chi connectivity index (χ2v) is 6.18. The zero-order valence-corrected chi connectivity index (χ0v) is 14.0. The second kappa shape index (κ2) is 7.59. The molecule has 2 amide bonds. The predicted octanol–water partition coefficient (Wildman–Crippen LogP) is 0.316. The maximum absolute atomic E-state index is 12.2. The van der Waals surface area contributed by atoms with E-state index in [2.05, 4.69) is 10.3 Å². The van der Waals surface area contributed by atoms with Crippen LogP contribution in [0.25, 0.3) is 0 Å². The van der Waals surface area contributed by atoms with E-state index in [1.54, 1.807) is 13.2 Å². The molecule has 23 heavy (non-hydrogen) atoms. The van der Waals surface area contributed by atoms with E-state index in [4.69, 9.17) is 0 Å². The van der Waals surface area contributed by atoms with E-state index in [9.17, 15) is 14.7 Å². The van der Waals surface area contributed by atoms with Crippen LogP contribution in [0, 0.1) is 12.8 Å². The smallest absolute Gasteiger partial charge is 0.225 e. The third kappa shape index (κ3) is 4.10. The molecule has 0 bridgehead atoms. The number of carbonyl (C=O) groups is 2. The second-order valence-electron chi connectivity index (χ2n) is 6.18. The number of hydrogen-bond acceptors (Lipinski definition) is 4. The van der Waals surface area contributed by atoms with Gasteiger partial charge < -0.3 is 19.9 Å². The van der Waals surface area contributed by atoms with Crippen LogP contribution in [0.2, 0.25) is 0 Å². The van der Waals surface area contributed by atoms with Crippen molar-refractivity contribution in [2.24, 2.45) is 5.92 Å². The minimum Gasteiger partial charge on any atom is -0.390 e. The highest BCUT2D eigenvalue weighted by Gasteiger charge is 2.41. The molecule has 0 saturated heterocycles. The van der Waals surface area contributed by atoms with E-state index >= 15 is 0 Å². The number of likely N-dealkylation sites (N-methyl/N-ethyl adjacent to an activating group) is 1. The third-order valence-corrected chi connectivity index (χ3v) is 4.71. The molecule has 7 heteroatoms. The molecule has 1 aliphatic carbocycles. The molecule has 2 N–H and O–H groups in total. The number of nitrogens with one attached hydrogen (secondary N) is 1. The molecule has 1 aromatic rings. The van der Waals surface area contributed by atoms with E-state index in [1.807, 2.05) is 17.7 Å². The van der Waals surface area contributed by atoms with Crippen LogP contribution in [0.5, 0.6) is 0 Å². The summed E-state index contributed by atoms with van der Waals surface area (Å²) in [5.41, 5.74) is 0. The first-order valence-electron chi connectivity index (χ1n) is 8.08. The summed E-state index contributed by atoms with van der Waals surface area (Å²) >= 11 is 0. The van der Waals surface area contributed by atoms with Gasteiger partial charge in [0.15, 0.2) is 0 Å². The van der Waals surface area contributed by atoms with Crippen molar-refractivity contribution in [2.75, 3.05) is 13.6 Å². The first-order valence-corrected chi connectivity index (χ1v) is 8.08. The molecule has 1 fully saturated rings. The summed E-state index contributed by atoms with van der Waals surface area (Å²) in [7, 11) is 1.67. The fourth-order valence-corrected chi connectivity index (χ4v) is 3.13. The SMILES string of the molecule is CC(=O)N(C)[C@@H]1CC[C@@H](C(=O)NCCCn2ccnc2C)[C@@H]1O. The minimum absolute atomic E-state index is 0.0918. The number of aliphatic hydroxyl groups is 1. The van der Waals surface area contributed by atoms with Crippen molar-refractivity contribution in [3.63, 3.8) is 0 Å². The lowest BCUT2D eigenvalue weighted by atomic mass is 10.0. The first-order chi connectivity index (χ1) is 10.9. The largest absolute Gasteiger partial charge is 0.390 e. The van der Waals surface area contributed by atoms with Crippen molar-refractivity contribution in [3.05, 3.63) is 18.2 Å². The topological polar surface area (TPSA) is 87.5 Å². The third-order valence-electron chi connectivity index (χ3n) is 4.71. The van der Waals surface area contributed by atoms with Crippen LogP contribution in [0.4, 0.5) is 0 Å². The summed E-state index contributed by atoms with van der Waals surface area (Å²) in [6.45, 7) is 4.78. The van der Waals surface area contributed by atoms with Crippen LogP contribution in [-0.4, -0.2) is 57.1 Å². The van der Waals surface area contributed by atoms with Gasteiger partial charge in [0, 0.05) is 39.5 Å². The highest BCUT2D eigenvalue weighted by molar-refractivity contribution is 5.80. The summed E-state index contributed by atoms with van der Waals surface area (Å²) in [6, 6.07) is -0.267. The Morgan fingerprint density at radius 1 is 1.48 bits per heavy atom. The maximum atomic E-state index is 12.2. The van der Waals surface area contributed by atoms with Crippen molar-refractivity contribution in [1.29, 1.82) is 0 Å². The molecule has 0 unspecified atom stereocenters. The lowest BCUT2D eigenvalue weighted by molar-refractivity contribution is -0.134. The average molecular weight is 322 g/mol. The van der Waals surface area contributed by atoms with Gasteiger partial charge in [-0.1, -0.05) is 0 Å². The Labute approximate surface area is 136 Å². The monoisotopic (exact) mass is 322 g/mol. The van der Waals surface area contributed by atoms with Gasteiger partial charge in [-0.05, 0) is 26.2 Å². The molecule has 2 rings (SSSR count). The predicted molar refractivity (Wildman–Crippen MR) is 85.6 cm³/mol. The van der Waals surface area contributed by atoms with Crippen LogP contribution in [0.15, 0.2) is 12.4 Å². The van der Waals surface area contributed by atoms with Gasteiger partial charge >= 0.3 is 0 Å². The molecular formula is C16H26N4O3. The number of aliphatic hydroxyl groups excluding tert-OH is 1. The number of hydrogen-bond donors (Lipinski definition) is 2. The minimum atomic E-state index is -0.792. The normalized spacial score (nSPS) is 23.7. The maximum Gasteiger partial charge on any atom is 0.225 e. The summed E-state index contributed by atoms with van der Waals surface area (Å²) in [6.07, 6.45) is 4.95. The van der Waals surface area contributed by atoms with Gasteiger partial charge in [-0.3, -0.25) is 9.59 Å². The highest BCUT2D eigenvalue weighted by Crippen LogP contribution is 2.29. The van der Waals surface area contributed by atoms with Crippen molar-refractivity contribution < 1.29 is 14.7 Å². The Kier molecular flexibility index (Phi) is 5.76. The zero-order valence-electron chi connectivity index (χ0n) is 14.0. The molecular weight excluding hydrogens is 296 g/mol. The standard InChI is InChI=1S/C16H26N4O3/c1-11-17-8-10-20(11)9-4-7-18-16(23)13-5-6-14(15(13)22)19(3)12(2)21/h8,10,13-15,22H,4-7,9H2,1-3H3,(H,18,23)/t13-,14-,15+/m1/s1. The van der Waals surface area contributed by atoms with E-state index in [0.29, 0.717) is 19.4 Å². The van der Waals surface area contributed by atoms with Gasteiger partial charge in [-0.2, -0.15) is 0 Å². The van der Waals surface area contributed by atoms with Gasteiger partial charge in [-0.25, -0.2) is 4.98 Å². The van der Waals surface area contributed by atoms with Gasteiger partial charge in [0.25, 0.3) is 0 Å². The molecule has 0 aromatic carbocycles. The zero-order chi connectivity index (χ0) is 17.0. The van der Waals surface area contributed by atoms with Gasteiger partial charge in [-0.15, -0.1) is 0 Å². The van der Waals surface area contributed by atoms with Gasteiger partial charge in [0.1, 0.15) is 5.82 Å². The molecule has 1 saturated carbocycles. The van der Waals surface area contributed by atoms with E-state index < -0.39 is 12.0 Å². The molecule has 1 aromatic heterocycles. The van der Waals surface area contributed by atoms with Crippen molar-refractivity contribution in [2.45, 2.75) is 51.8 Å². The van der Waals surface area contributed by atoms with Crippen LogP contribution in [0.3, 0.4) is 0 Å². The molecule has 128 valence electrons. The molecule has 1 aliphatic rings. The Balaban J connectivity index is 1.76. The first kappa shape index (κ1) is 17.5. The Hall–Kier alpha value is -1.89. The summed E-state index contributed by atoms with van der Waals surface area (Å²) in [4.78, 5) is 29.3. The number of carbonyl (C=O) groups excluding carboxylic acids is 2. The molecule has 1 heterocycles. The summed E-state index contributed by atoms with van der Waals surface area (Å²) in [5, 5.41) is 13.2. The number of rotatable bonds is 6. The Bertz CT molecular complexity index is 557. The number of imidazole rings is 1. The lowest BCUT2D eigenvalue weighted by Crippen LogP contribution is -2.45. The van der Waals surface area contributed by atoms with Crippen molar-refractivity contribution in [1.82, 2.24) is 19.8 Å². The van der Waals surface area contributed by atoms with E-state index in [1.165, 1.54) is 11.8 Å². The Morgan fingerprint density at radius 3 is 2.83 bits per heavy atom. The van der Waals surface area contributed by atoms with Crippen LogP contribution in [-0.2, 0) is 16.1 Å². The van der Waals surface area contributed by atoms with Crippen LogP contribution in [0.1, 0.15) is 32.0 Å². The van der Waals surface area contributed by atoms with Crippen molar-refractivity contribution >= 4 is 11.8 Å². The van der Waals surface area contributed by atoms with Crippen molar-refractivity contribution in [3.8, 4) is 0 Å². The highest BCUT2D eigenvalue weighted by atomic mass is 16.3. The molecule has 0 spiro atoms. The molecule has 7 nitrogen and oxygen atoms in total. The molecule has 0 aliphatic heterocycles. The lowest BCUT2D eigenvalue weighted by Gasteiger charge is -2.27. The molecule has 0 radical (unpaired) electrons. The fraction of sp³-hybridized carbons (Fsp3) is 0.688. The van der Waals surface area contributed by atoms with E-state index in [-0.39, 0.29) is 17.9 Å². The van der Waals surface area contributed by atoms with Gasteiger partial charge in [0.05, 0.1) is 18.1 Å². The summed E-state index contributed by atoms with van der Waals surface area (Å²) < 4.78 is 2.04. The number of nitrogens with zero attached hydrogens (tertiary/aromatic N) is 3. The van der Waals surface area contributed by atoms with E-state index in [0.717, 1.165) is 18.8 Å². The average Bonchev–Trinajstić information content (AvgIpc) is 3.08. The number of aromatic nitrogens is 2.